The van der Waals surface area contributed by atoms with Gasteiger partial charge in [-0.05, 0) is 31.7 Å². The SMILES string of the molecule is C/C=C(\C(CN)=C(\Br)COc1ccc(Cl)cn1)N(N)CC1CC1. The second-order valence-corrected chi connectivity index (χ2v) is 6.85. The summed E-state index contributed by atoms with van der Waals surface area (Å²) in [7, 11) is 0. The minimum absolute atomic E-state index is 0.329. The van der Waals surface area contributed by atoms with Crippen LogP contribution in [0.4, 0.5) is 0 Å². The largest absolute Gasteiger partial charge is 0.472 e. The number of allylic oxidation sites excluding steroid dienone is 1. The maximum absolute atomic E-state index is 6.19. The van der Waals surface area contributed by atoms with Crippen molar-refractivity contribution in [3.05, 3.63) is 45.2 Å². The molecule has 1 aliphatic carbocycles. The smallest absolute Gasteiger partial charge is 0.213 e. The summed E-state index contributed by atoms with van der Waals surface area (Å²) in [5.74, 6) is 7.40. The molecule has 5 nitrogen and oxygen atoms in total. The summed E-state index contributed by atoms with van der Waals surface area (Å²) in [4.78, 5) is 4.10. The van der Waals surface area contributed by atoms with Gasteiger partial charge in [0.2, 0.25) is 5.88 Å². The zero-order valence-corrected chi connectivity index (χ0v) is 15.5. The average Bonchev–Trinajstić information content (AvgIpc) is 3.35. The van der Waals surface area contributed by atoms with Gasteiger partial charge in [-0.3, -0.25) is 0 Å². The van der Waals surface area contributed by atoms with Crippen molar-refractivity contribution in [1.82, 2.24) is 9.99 Å². The molecule has 0 radical (unpaired) electrons. The molecular weight excluding hydrogens is 380 g/mol. The van der Waals surface area contributed by atoms with Crippen LogP contribution in [-0.4, -0.2) is 29.7 Å². The summed E-state index contributed by atoms with van der Waals surface area (Å²) in [6, 6.07) is 3.46. The molecule has 0 unspecified atom stereocenters. The number of ether oxygens (including phenoxy) is 1. The van der Waals surface area contributed by atoms with E-state index in [0.29, 0.717) is 30.0 Å². The molecule has 1 aromatic heterocycles. The van der Waals surface area contributed by atoms with Gasteiger partial charge in [0.1, 0.15) is 6.61 Å². The first kappa shape index (κ1) is 18.3. The molecule has 23 heavy (non-hydrogen) atoms. The van der Waals surface area contributed by atoms with Crippen LogP contribution in [0.15, 0.2) is 40.2 Å². The number of hydrogen-bond acceptors (Lipinski definition) is 5. The molecule has 7 heteroatoms. The monoisotopic (exact) mass is 400 g/mol. The first-order valence-electron chi connectivity index (χ1n) is 7.56. The van der Waals surface area contributed by atoms with E-state index in [1.165, 1.54) is 12.8 Å². The van der Waals surface area contributed by atoms with Gasteiger partial charge in [-0.2, -0.15) is 0 Å². The zero-order valence-electron chi connectivity index (χ0n) is 13.1. The van der Waals surface area contributed by atoms with Crippen LogP contribution in [-0.2, 0) is 0 Å². The predicted octanol–water partition coefficient (Wildman–Crippen LogP) is 3.21. The molecule has 0 atom stereocenters. The fourth-order valence-electron chi connectivity index (χ4n) is 2.22. The van der Waals surface area contributed by atoms with Gasteiger partial charge in [0.25, 0.3) is 0 Å². The summed E-state index contributed by atoms with van der Waals surface area (Å²) in [5, 5.41) is 2.35. The van der Waals surface area contributed by atoms with E-state index in [4.69, 9.17) is 27.9 Å². The summed E-state index contributed by atoms with van der Waals surface area (Å²) in [6.07, 6.45) is 6.02. The molecule has 1 aromatic rings. The van der Waals surface area contributed by atoms with E-state index in [9.17, 15) is 0 Å². The Morgan fingerprint density at radius 1 is 1.52 bits per heavy atom. The molecule has 4 N–H and O–H groups in total. The number of hydrogen-bond donors (Lipinski definition) is 2. The van der Waals surface area contributed by atoms with Gasteiger partial charge < -0.3 is 15.5 Å². The van der Waals surface area contributed by atoms with Crippen LogP contribution in [0.25, 0.3) is 0 Å². The minimum Gasteiger partial charge on any atom is -0.472 e. The molecule has 126 valence electrons. The van der Waals surface area contributed by atoms with Gasteiger partial charge in [-0.25, -0.2) is 10.8 Å². The fourth-order valence-corrected chi connectivity index (χ4v) is 2.81. The molecule has 0 spiro atoms. The average molecular weight is 402 g/mol. The van der Waals surface area contributed by atoms with Crippen molar-refractivity contribution in [2.45, 2.75) is 19.8 Å². The number of halogens is 2. The van der Waals surface area contributed by atoms with Gasteiger partial charge in [0.05, 0.1) is 10.7 Å². The van der Waals surface area contributed by atoms with E-state index in [2.05, 4.69) is 20.9 Å². The van der Waals surface area contributed by atoms with E-state index in [0.717, 1.165) is 22.3 Å². The van der Waals surface area contributed by atoms with E-state index < -0.39 is 0 Å². The lowest BCUT2D eigenvalue weighted by molar-refractivity contribution is 0.336. The van der Waals surface area contributed by atoms with Crippen LogP contribution < -0.4 is 16.3 Å². The van der Waals surface area contributed by atoms with Gasteiger partial charge in [0.15, 0.2) is 0 Å². The zero-order chi connectivity index (χ0) is 16.8. The molecular formula is C16H22BrClN4O. The summed E-state index contributed by atoms with van der Waals surface area (Å²) < 4.78 is 6.51. The Bertz CT molecular complexity index is 584. The first-order chi connectivity index (χ1) is 11.0. The van der Waals surface area contributed by atoms with Crippen molar-refractivity contribution in [2.75, 3.05) is 19.7 Å². The van der Waals surface area contributed by atoms with Crippen molar-refractivity contribution in [3.63, 3.8) is 0 Å². The molecule has 0 aliphatic heterocycles. The number of hydrazine groups is 1. The number of nitrogens with two attached hydrogens (primary N) is 2. The predicted molar refractivity (Wildman–Crippen MR) is 97.1 cm³/mol. The molecule has 1 fully saturated rings. The van der Waals surface area contributed by atoms with Crippen LogP contribution in [0.5, 0.6) is 5.88 Å². The second-order valence-electron chi connectivity index (χ2n) is 5.46. The Hall–Kier alpha value is -1.08. The third kappa shape index (κ3) is 5.49. The maximum Gasteiger partial charge on any atom is 0.213 e. The molecule has 1 aliphatic rings. The molecule has 0 bridgehead atoms. The Kier molecular flexibility index (Phi) is 6.89. The molecule has 0 aromatic carbocycles. The Morgan fingerprint density at radius 2 is 2.26 bits per heavy atom. The maximum atomic E-state index is 6.19. The lowest BCUT2D eigenvalue weighted by atomic mass is 10.1. The molecule has 1 heterocycles. The van der Waals surface area contributed by atoms with Crippen molar-refractivity contribution < 1.29 is 4.74 Å². The quantitative estimate of drug-likeness (QED) is 0.397. The standard InChI is InChI=1S/C16H22BrClN4O/c1-2-15(22(20)9-11-3-4-11)13(7-19)14(17)10-23-16-6-5-12(18)8-21-16/h2,5-6,8,11H,3-4,7,9-10,19-20H2,1H3/b14-13+,15-2+. The summed E-state index contributed by atoms with van der Waals surface area (Å²) in [5.41, 5.74) is 7.79. The highest BCUT2D eigenvalue weighted by molar-refractivity contribution is 9.11. The van der Waals surface area contributed by atoms with Gasteiger partial charge in [0, 0.05) is 35.4 Å². The normalized spacial score (nSPS) is 16.1. The van der Waals surface area contributed by atoms with E-state index in [1.54, 1.807) is 23.3 Å². The van der Waals surface area contributed by atoms with Gasteiger partial charge in [-0.1, -0.05) is 33.6 Å². The number of nitrogens with zero attached hydrogens (tertiary/aromatic N) is 2. The third-order valence-corrected chi connectivity index (χ3v) is 4.55. The fraction of sp³-hybridized carbons (Fsp3) is 0.438. The molecule has 0 amide bonds. The Morgan fingerprint density at radius 3 is 2.78 bits per heavy atom. The van der Waals surface area contributed by atoms with E-state index in [-0.39, 0.29) is 0 Å². The lowest BCUT2D eigenvalue weighted by Gasteiger charge is -2.24. The van der Waals surface area contributed by atoms with Crippen LogP contribution in [0.3, 0.4) is 0 Å². The van der Waals surface area contributed by atoms with E-state index >= 15 is 0 Å². The summed E-state index contributed by atoms with van der Waals surface area (Å²) in [6.45, 7) is 3.51. The topological polar surface area (TPSA) is 77.4 Å². The molecule has 1 saturated carbocycles. The first-order valence-corrected chi connectivity index (χ1v) is 8.73. The van der Waals surface area contributed by atoms with Crippen LogP contribution in [0.2, 0.25) is 5.02 Å². The highest BCUT2D eigenvalue weighted by Crippen LogP contribution is 2.31. The van der Waals surface area contributed by atoms with Crippen molar-refractivity contribution >= 4 is 27.5 Å². The molecule has 0 saturated heterocycles. The van der Waals surface area contributed by atoms with Crippen LogP contribution in [0.1, 0.15) is 19.8 Å². The van der Waals surface area contributed by atoms with Crippen LogP contribution in [0, 0.1) is 5.92 Å². The third-order valence-electron chi connectivity index (χ3n) is 3.62. The minimum atomic E-state index is 0.329. The van der Waals surface area contributed by atoms with Crippen LogP contribution >= 0.6 is 27.5 Å². The van der Waals surface area contributed by atoms with Gasteiger partial charge >= 0.3 is 0 Å². The Balaban J connectivity index is 2.05. The van der Waals surface area contributed by atoms with Gasteiger partial charge in [-0.15, -0.1) is 0 Å². The number of aromatic nitrogens is 1. The highest BCUT2D eigenvalue weighted by atomic mass is 79.9. The number of rotatable bonds is 8. The second kappa shape index (κ2) is 8.68. The molecule has 2 rings (SSSR count). The van der Waals surface area contributed by atoms with E-state index in [1.807, 2.05) is 13.0 Å². The Labute approximate surface area is 150 Å². The number of pyridine rings is 1. The summed E-state index contributed by atoms with van der Waals surface area (Å²) >= 11 is 9.37. The highest BCUT2D eigenvalue weighted by Gasteiger charge is 2.25. The van der Waals surface area contributed by atoms with Crippen molar-refractivity contribution in [1.29, 1.82) is 0 Å². The lowest BCUT2D eigenvalue weighted by Crippen LogP contribution is -2.34. The van der Waals surface area contributed by atoms with Crippen molar-refractivity contribution in [3.8, 4) is 5.88 Å². The van der Waals surface area contributed by atoms with Crippen molar-refractivity contribution in [2.24, 2.45) is 17.5 Å².